The van der Waals surface area contributed by atoms with Crippen molar-refractivity contribution in [3.63, 3.8) is 0 Å². The fraction of sp³-hybridized carbons (Fsp3) is 0.350. The van der Waals surface area contributed by atoms with E-state index in [2.05, 4.69) is 11.9 Å². The Balaban J connectivity index is 1.54. The first-order valence-corrected chi connectivity index (χ1v) is 10.5. The maximum atomic E-state index is 12.3. The number of carbonyl (C=O) groups is 2. The summed E-state index contributed by atoms with van der Waals surface area (Å²) in [7, 11) is 1.69. The average Bonchev–Trinajstić information content (AvgIpc) is 3.22. The Morgan fingerprint density at radius 3 is 2.74 bits per heavy atom. The van der Waals surface area contributed by atoms with E-state index in [1.807, 2.05) is 37.3 Å². The number of rotatable bonds is 7. The molecular weight excluding hydrogens is 380 g/mol. The summed E-state index contributed by atoms with van der Waals surface area (Å²) in [5.41, 5.74) is 2.11. The molecule has 2 heterocycles. The molecule has 142 valence electrons. The number of hydrogen-bond donors (Lipinski definition) is 0. The second-order valence-corrected chi connectivity index (χ2v) is 8.71. The number of aromatic nitrogens is 1. The zero-order valence-corrected chi connectivity index (χ0v) is 17.3. The highest BCUT2D eigenvalue weighted by atomic mass is 32.1. The summed E-state index contributed by atoms with van der Waals surface area (Å²) >= 11 is 2.98. The minimum atomic E-state index is -0.438. The largest absolute Gasteiger partial charge is 0.451 e. The van der Waals surface area contributed by atoms with Crippen molar-refractivity contribution in [1.29, 1.82) is 0 Å². The van der Waals surface area contributed by atoms with Gasteiger partial charge in [-0.1, -0.05) is 25.5 Å². The summed E-state index contributed by atoms with van der Waals surface area (Å²) in [6, 6.07) is 9.75. The van der Waals surface area contributed by atoms with Crippen LogP contribution in [0.1, 0.15) is 38.5 Å². The summed E-state index contributed by atoms with van der Waals surface area (Å²) in [6.07, 6.45) is 1.97. The molecule has 0 saturated heterocycles. The highest BCUT2D eigenvalue weighted by Gasteiger charge is 2.17. The molecule has 2 aromatic heterocycles. The molecule has 27 heavy (non-hydrogen) atoms. The average molecular weight is 403 g/mol. The Morgan fingerprint density at radius 1 is 1.22 bits per heavy atom. The molecule has 0 aliphatic rings. The molecule has 7 heteroatoms. The lowest BCUT2D eigenvalue weighted by molar-refractivity contribution is -0.133. The number of benzene rings is 1. The van der Waals surface area contributed by atoms with Gasteiger partial charge in [0.25, 0.3) is 5.91 Å². The van der Waals surface area contributed by atoms with E-state index in [0.717, 1.165) is 32.9 Å². The molecule has 0 N–H and O–H groups in total. The van der Waals surface area contributed by atoms with Crippen LogP contribution in [0.4, 0.5) is 0 Å². The molecule has 0 radical (unpaired) electrons. The Hall–Kier alpha value is -2.25. The molecule has 0 unspecified atom stereocenters. The Morgan fingerprint density at radius 2 is 2.00 bits per heavy atom. The predicted octanol–water partition coefficient (Wildman–Crippen LogP) is 4.43. The number of para-hydroxylation sites is 1. The number of aryl methyl sites for hydroxylation is 2. The number of thiophene rings is 1. The number of fused-ring (bicyclic) bond motifs is 1. The molecule has 1 aromatic carbocycles. The standard InChI is InChI=1S/C20H22N2O3S2/c1-4-7-14-10-17(26-13(14)2)20(24)25-12-19(23)22(3)11-18-21-15-8-5-6-9-16(15)27-18/h5-6,8-10H,4,7,11-12H2,1-3H3. The summed E-state index contributed by atoms with van der Waals surface area (Å²) in [5, 5.41) is 0.858. The van der Waals surface area contributed by atoms with Crippen molar-refractivity contribution >= 4 is 44.8 Å². The summed E-state index contributed by atoms with van der Waals surface area (Å²) < 4.78 is 6.31. The van der Waals surface area contributed by atoms with Crippen molar-refractivity contribution in [3.05, 3.63) is 50.7 Å². The van der Waals surface area contributed by atoms with Crippen molar-refractivity contribution in [1.82, 2.24) is 9.88 Å². The van der Waals surface area contributed by atoms with Gasteiger partial charge in [-0.25, -0.2) is 9.78 Å². The van der Waals surface area contributed by atoms with Crippen LogP contribution in [-0.2, 0) is 22.5 Å². The minimum Gasteiger partial charge on any atom is -0.451 e. The zero-order valence-electron chi connectivity index (χ0n) is 15.7. The quantitative estimate of drug-likeness (QED) is 0.549. The second kappa shape index (κ2) is 8.63. The van der Waals surface area contributed by atoms with Crippen LogP contribution in [0, 0.1) is 6.92 Å². The summed E-state index contributed by atoms with van der Waals surface area (Å²) in [4.78, 5) is 32.3. The number of amides is 1. The molecule has 5 nitrogen and oxygen atoms in total. The van der Waals surface area contributed by atoms with Gasteiger partial charge in [0.05, 0.1) is 16.8 Å². The van der Waals surface area contributed by atoms with Gasteiger partial charge < -0.3 is 9.64 Å². The number of esters is 1. The van der Waals surface area contributed by atoms with Gasteiger partial charge in [-0.2, -0.15) is 0 Å². The van der Waals surface area contributed by atoms with Crippen LogP contribution in [-0.4, -0.2) is 35.4 Å². The lowest BCUT2D eigenvalue weighted by Gasteiger charge is -2.15. The number of nitrogens with zero attached hydrogens (tertiary/aromatic N) is 2. The van der Waals surface area contributed by atoms with E-state index in [0.29, 0.717) is 11.4 Å². The van der Waals surface area contributed by atoms with Gasteiger partial charge in [-0.15, -0.1) is 22.7 Å². The summed E-state index contributed by atoms with van der Waals surface area (Å²) in [6.45, 7) is 4.24. The molecular formula is C20H22N2O3S2. The van der Waals surface area contributed by atoms with E-state index in [9.17, 15) is 9.59 Å². The number of thiazole rings is 1. The van der Waals surface area contributed by atoms with Gasteiger partial charge in [0.15, 0.2) is 6.61 Å². The Labute approximate surface area is 166 Å². The molecule has 0 bridgehead atoms. The maximum Gasteiger partial charge on any atom is 0.348 e. The molecule has 0 saturated carbocycles. The molecule has 3 aromatic rings. The van der Waals surface area contributed by atoms with E-state index in [4.69, 9.17) is 4.74 Å². The van der Waals surface area contributed by atoms with E-state index in [1.54, 1.807) is 18.4 Å². The molecule has 0 aliphatic carbocycles. The number of ether oxygens (including phenoxy) is 1. The van der Waals surface area contributed by atoms with Crippen LogP contribution in [0.2, 0.25) is 0 Å². The summed E-state index contributed by atoms with van der Waals surface area (Å²) in [5.74, 6) is -0.683. The van der Waals surface area contributed by atoms with Gasteiger partial charge in [-0.05, 0) is 37.1 Å². The highest BCUT2D eigenvalue weighted by molar-refractivity contribution is 7.18. The van der Waals surface area contributed by atoms with Crippen LogP contribution in [0.3, 0.4) is 0 Å². The lowest BCUT2D eigenvalue weighted by Crippen LogP contribution is -2.30. The Bertz CT molecular complexity index is 928. The van der Waals surface area contributed by atoms with Crippen LogP contribution in [0.15, 0.2) is 30.3 Å². The molecule has 0 fully saturated rings. The van der Waals surface area contributed by atoms with E-state index in [-0.39, 0.29) is 12.5 Å². The molecule has 3 rings (SSSR count). The monoisotopic (exact) mass is 402 g/mol. The normalized spacial score (nSPS) is 10.9. The van der Waals surface area contributed by atoms with Crippen molar-refractivity contribution in [2.75, 3.05) is 13.7 Å². The first-order valence-electron chi connectivity index (χ1n) is 8.82. The van der Waals surface area contributed by atoms with Crippen LogP contribution < -0.4 is 0 Å². The lowest BCUT2D eigenvalue weighted by atomic mass is 10.1. The molecule has 0 atom stereocenters. The van der Waals surface area contributed by atoms with Crippen LogP contribution in [0.5, 0.6) is 0 Å². The Kier molecular flexibility index (Phi) is 6.23. The van der Waals surface area contributed by atoms with Crippen molar-refractivity contribution in [2.45, 2.75) is 33.2 Å². The van der Waals surface area contributed by atoms with E-state index < -0.39 is 5.97 Å². The predicted molar refractivity (Wildman–Crippen MR) is 109 cm³/mol. The molecule has 0 aliphatic heterocycles. The minimum absolute atomic E-state index is 0.246. The molecule has 0 spiro atoms. The zero-order chi connectivity index (χ0) is 19.4. The van der Waals surface area contributed by atoms with Gasteiger partial charge in [-0.3, -0.25) is 4.79 Å². The first-order chi connectivity index (χ1) is 13.0. The molecule has 1 amide bonds. The topological polar surface area (TPSA) is 59.5 Å². The fourth-order valence-corrected chi connectivity index (χ4v) is 4.71. The van der Waals surface area contributed by atoms with Gasteiger partial charge >= 0.3 is 5.97 Å². The maximum absolute atomic E-state index is 12.3. The third kappa shape index (κ3) is 4.73. The SMILES string of the molecule is CCCc1cc(C(=O)OCC(=O)N(C)Cc2nc3ccccc3s2)sc1C. The third-order valence-electron chi connectivity index (χ3n) is 4.20. The van der Waals surface area contributed by atoms with Crippen molar-refractivity contribution < 1.29 is 14.3 Å². The van der Waals surface area contributed by atoms with E-state index in [1.165, 1.54) is 21.8 Å². The number of carbonyl (C=O) groups excluding carboxylic acids is 2. The van der Waals surface area contributed by atoms with Crippen LogP contribution in [0.25, 0.3) is 10.2 Å². The van der Waals surface area contributed by atoms with E-state index >= 15 is 0 Å². The highest BCUT2D eigenvalue weighted by Crippen LogP contribution is 2.24. The number of likely N-dealkylation sites (N-methyl/N-ethyl adjacent to an activating group) is 1. The van der Waals surface area contributed by atoms with Crippen molar-refractivity contribution in [2.24, 2.45) is 0 Å². The number of hydrogen-bond acceptors (Lipinski definition) is 6. The third-order valence-corrected chi connectivity index (χ3v) is 6.30. The first kappa shape index (κ1) is 19.5. The van der Waals surface area contributed by atoms with Crippen molar-refractivity contribution in [3.8, 4) is 0 Å². The van der Waals surface area contributed by atoms with Gasteiger partial charge in [0.2, 0.25) is 0 Å². The second-order valence-electron chi connectivity index (χ2n) is 6.34. The van der Waals surface area contributed by atoms with Gasteiger partial charge in [0, 0.05) is 11.9 Å². The smallest absolute Gasteiger partial charge is 0.348 e. The fourth-order valence-electron chi connectivity index (χ4n) is 2.73. The van der Waals surface area contributed by atoms with Crippen LogP contribution >= 0.6 is 22.7 Å². The van der Waals surface area contributed by atoms with Gasteiger partial charge in [0.1, 0.15) is 9.88 Å².